The Kier molecular flexibility index (Phi) is 2.84. The van der Waals surface area contributed by atoms with E-state index in [1.165, 1.54) is 6.07 Å². The van der Waals surface area contributed by atoms with Crippen LogP contribution in [-0.4, -0.2) is 21.0 Å². The topological polar surface area (TPSA) is 92.0 Å². The first-order valence-corrected chi connectivity index (χ1v) is 6.21. The van der Waals surface area contributed by atoms with Crippen LogP contribution in [0.4, 0.5) is 5.82 Å². The number of halogens is 1. The largest absolute Gasteiger partial charge is 0.478 e. The molecule has 0 aliphatic carbocycles. The van der Waals surface area contributed by atoms with Crippen LogP contribution in [0.25, 0.3) is 22.2 Å². The minimum atomic E-state index is -1.05. The lowest BCUT2D eigenvalue weighted by Gasteiger charge is -2.07. The summed E-state index contributed by atoms with van der Waals surface area (Å²) in [5, 5.41) is 10.1. The normalized spacial score (nSPS) is 10.8. The van der Waals surface area contributed by atoms with Gasteiger partial charge in [-0.15, -0.1) is 0 Å². The van der Waals surface area contributed by atoms with E-state index in [1.54, 1.807) is 24.4 Å². The van der Waals surface area contributed by atoms with Gasteiger partial charge in [-0.3, -0.25) is 0 Å². The summed E-state index contributed by atoms with van der Waals surface area (Å²) in [7, 11) is 0. The second-order valence-electron chi connectivity index (χ2n) is 4.33. The molecule has 2 aromatic heterocycles. The van der Waals surface area contributed by atoms with Crippen LogP contribution < -0.4 is 5.73 Å². The number of H-pyrrole nitrogens is 1. The van der Waals surface area contributed by atoms with Gasteiger partial charge in [-0.1, -0.05) is 17.7 Å². The zero-order valence-electron chi connectivity index (χ0n) is 10.2. The maximum atomic E-state index is 11.0. The smallest absolute Gasteiger partial charge is 0.337 e. The molecule has 6 heteroatoms. The Morgan fingerprint density at radius 1 is 1.30 bits per heavy atom. The lowest BCUT2D eigenvalue weighted by molar-refractivity contribution is 0.0697. The average Bonchev–Trinajstić information content (AvgIpc) is 2.85. The standard InChI is InChI=1S/C14H10ClN3O2/c15-11-5-7(1-2-9(11)14(19)20)10-6-12(16)18-13-8(10)3-4-17-13/h1-6H,(H,19,20)(H3,16,17,18). The summed E-state index contributed by atoms with van der Waals surface area (Å²) in [5.74, 6) is -0.670. The number of anilines is 1. The first-order valence-electron chi connectivity index (χ1n) is 5.83. The summed E-state index contributed by atoms with van der Waals surface area (Å²) in [6.45, 7) is 0. The van der Waals surface area contributed by atoms with Gasteiger partial charge in [-0.2, -0.15) is 0 Å². The van der Waals surface area contributed by atoms with Gasteiger partial charge in [-0.25, -0.2) is 9.78 Å². The number of hydrogen-bond donors (Lipinski definition) is 3. The van der Waals surface area contributed by atoms with E-state index in [2.05, 4.69) is 9.97 Å². The molecule has 0 radical (unpaired) electrons. The summed E-state index contributed by atoms with van der Waals surface area (Å²) in [6, 6.07) is 8.43. The van der Waals surface area contributed by atoms with Gasteiger partial charge in [-0.05, 0) is 35.4 Å². The van der Waals surface area contributed by atoms with Crippen molar-refractivity contribution < 1.29 is 9.90 Å². The van der Waals surface area contributed by atoms with Crippen LogP contribution >= 0.6 is 11.6 Å². The van der Waals surface area contributed by atoms with E-state index in [1.807, 2.05) is 6.07 Å². The van der Waals surface area contributed by atoms with Gasteiger partial charge in [0.15, 0.2) is 0 Å². The molecule has 100 valence electrons. The van der Waals surface area contributed by atoms with E-state index in [9.17, 15) is 4.79 Å². The summed E-state index contributed by atoms with van der Waals surface area (Å²) >= 11 is 6.00. The number of nitrogens with zero attached hydrogens (tertiary/aromatic N) is 1. The van der Waals surface area contributed by atoms with Gasteiger partial charge in [0.25, 0.3) is 0 Å². The highest BCUT2D eigenvalue weighted by atomic mass is 35.5. The quantitative estimate of drug-likeness (QED) is 0.675. The number of pyridine rings is 1. The van der Waals surface area contributed by atoms with Crippen LogP contribution in [-0.2, 0) is 0 Å². The highest BCUT2D eigenvalue weighted by Crippen LogP contribution is 2.31. The van der Waals surface area contributed by atoms with Gasteiger partial charge in [0.1, 0.15) is 11.5 Å². The van der Waals surface area contributed by atoms with Crippen LogP contribution in [0.5, 0.6) is 0 Å². The molecule has 0 fully saturated rings. The van der Waals surface area contributed by atoms with Crippen molar-refractivity contribution in [3.8, 4) is 11.1 Å². The number of nitrogens with one attached hydrogen (secondary N) is 1. The van der Waals surface area contributed by atoms with Gasteiger partial charge >= 0.3 is 5.97 Å². The number of carboxylic acids is 1. The fourth-order valence-corrected chi connectivity index (χ4v) is 2.41. The molecule has 0 aliphatic rings. The number of aromatic nitrogens is 2. The molecule has 1 aromatic carbocycles. The molecule has 3 rings (SSSR count). The lowest BCUT2D eigenvalue weighted by atomic mass is 10.0. The third-order valence-corrected chi connectivity index (χ3v) is 3.37. The SMILES string of the molecule is Nc1cc(-c2ccc(C(=O)O)c(Cl)c2)c2cc[nH]c2n1. The van der Waals surface area contributed by atoms with Crippen molar-refractivity contribution in [1.82, 2.24) is 9.97 Å². The van der Waals surface area contributed by atoms with Crippen LogP contribution in [0.3, 0.4) is 0 Å². The lowest BCUT2D eigenvalue weighted by Crippen LogP contribution is -1.97. The summed E-state index contributed by atoms with van der Waals surface area (Å²) < 4.78 is 0. The van der Waals surface area contributed by atoms with Crippen LogP contribution in [0.1, 0.15) is 10.4 Å². The zero-order valence-corrected chi connectivity index (χ0v) is 11.0. The van der Waals surface area contributed by atoms with Crippen molar-refractivity contribution in [2.24, 2.45) is 0 Å². The number of nitrogen functional groups attached to an aromatic ring is 1. The van der Waals surface area contributed by atoms with E-state index < -0.39 is 5.97 Å². The summed E-state index contributed by atoms with van der Waals surface area (Å²) in [5.41, 5.74) is 8.18. The fourth-order valence-electron chi connectivity index (χ4n) is 2.15. The number of aromatic amines is 1. The molecule has 20 heavy (non-hydrogen) atoms. The minimum Gasteiger partial charge on any atom is -0.478 e. The second kappa shape index (κ2) is 4.54. The molecule has 0 saturated carbocycles. The minimum absolute atomic E-state index is 0.0720. The Balaban J connectivity index is 2.23. The van der Waals surface area contributed by atoms with E-state index in [0.29, 0.717) is 11.5 Å². The highest BCUT2D eigenvalue weighted by molar-refractivity contribution is 6.33. The Morgan fingerprint density at radius 3 is 2.80 bits per heavy atom. The van der Waals surface area contributed by atoms with Gasteiger partial charge in [0.2, 0.25) is 0 Å². The van der Waals surface area contributed by atoms with Crippen LogP contribution in [0, 0.1) is 0 Å². The Labute approximate surface area is 119 Å². The third-order valence-electron chi connectivity index (χ3n) is 3.06. The fraction of sp³-hybridized carbons (Fsp3) is 0. The monoisotopic (exact) mass is 287 g/mol. The van der Waals surface area contributed by atoms with Crippen molar-refractivity contribution in [3.63, 3.8) is 0 Å². The molecule has 0 saturated heterocycles. The first-order chi connectivity index (χ1) is 9.56. The number of benzene rings is 1. The number of carbonyl (C=O) groups is 1. The van der Waals surface area contributed by atoms with E-state index >= 15 is 0 Å². The molecule has 3 aromatic rings. The number of hydrogen-bond acceptors (Lipinski definition) is 3. The van der Waals surface area contributed by atoms with Crippen molar-refractivity contribution >= 4 is 34.4 Å². The van der Waals surface area contributed by atoms with E-state index in [4.69, 9.17) is 22.4 Å². The first kappa shape index (κ1) is 12.5. The maximum absolute atomic E-state index is 11.0. The second-order valence-corrected chi connectivity index (χ2v) is 4.74. The average molecular weight is 288 g/mol. The number of nitrogens with two attached hydrogens (primary N) is 1. The van der Waals surface area contributed by atoms with Crippen molar-refractivity contribution in [1.29, 1.82) is 0 Å². The van der Waals surface area contributed by atoms with Gasteiger partial charge in [0, 0.05) is 11.6 Å². The van der Waals surface area contributed by atoms with Crippen molar-refractivity contribution in [3.05, 3.63) is 47.1 Å². The van der Waals surface area contributed by atoms with Crippen molar-refractivity contribution in [2.75, 3.05) is 5.73 Å². The molecule has 0 spiro atoms. The molecule has 0 aliphatic heterocycles. The van der Waals surface area contributed by atoms with Crippen LogP contribution in [0.15, 0.2) is 36.5 Å². The number of fused-ring (bicyclic) bond motifs is 1. The van der Waals surface area contributed by atoms with Gasteiger partial charge in [0.05, 0.1) is 10.6 Å². The molecule has 0 bridgehead atoms. The van der Waals surface area contributed by atoms with Gasteiger partial charge < -0.3 is 15.8 Å². The van der Waals surface area contributed by atoms with Crippen molar-refractivity contribution in [2.45, 2.75) is 0 Å². The molecule has 0 atom stereocenters. The Hall–Kier alpha value is -2.53. The molecule has 0 unspecified atom stereocenters. The molecule has 5 nitrogen and oxygen atoms in total. The number of aromatic carboxylic acids is 1. The third kappa shape index (κ3) is 1.98. The van der Waals surface area contributed by atoms with Crippen LogP contribution in [0.2, 0.25) is 5.02 Å². The maximum Gasteiger partial charge on any atom is 0.337 e. The highest BCUT2D eigenvalue weighted by Gasteiger charge is 2.12. The Bertz CT molecular complexity index is 826. The molecule has 4 N–H and O–H groups in total. The predicted molar refractivity (Wildman–Crippen MR) is 77.9 cm³/mol. The van der Waals surface area contributed by atoms with E-state index in [-0.39, 0.29) is 10.6 Å². The summed E-state index contributed by atoms with van der Waals surface area (Å²) in [4.78, 5) is 18.2. The molecule has 2 heterocycles. The number of carboxylic acid groups (broad SMARTS) is 1. The Morgan fingerprint density at radius 2 is 2.10 bits per heavy atom. The molecular weight excluding hydrogens is 278 g/mol. The molecule has 0 amide bonds. The van der Waals surface area contributed by atoms with E-state index in [0.717, 1.165) is 16.5 Å². The summed E-state index contributed by atoms with van der Waals surface area (Å²) in [6.07, 6.45) is 1.77. The molecular formula is C14H10ClN3O2. The number of rotatable bonds is 2. The predicted octanol–water partition coefficient (Wildman–Crippen LogP) is 3.16. The zero-order chi connectivity index (χ0) is 14.3.